The van der Waals surface area contributed by atoms with E-state index in [1.54, 1.807) is 18.4 Å². The number of para-hydroxylation sites is 1. The maximum Gasteiger partial charge on any atom is 0.337 e. The first-order valence-electron chi connectivity index (χ1n) is 5.38. The van der Waals surface area contributed by atoms with E-state index >= 15 is 0 Å². The molecule has 0 fully saturated rings. The van der Waals surface area contributed by atoms with Crippen molar-refractivity contribution in [2.75, 3.05) is 6.26 Å². The van der Waals surface area contributed by atoms with E-state index in [4.69, 9.17) is 5.11 Å². The topological polar surface area (TPSA) is 85.1 Å². The number of hydrogen-bond donors (Lipinski definition) is 1. The van der Waals surface area contributed by atoms with Gasteiger partial charge >= 0.3 is 5.97 Å². The maximum atomic E-state index is 11.4. The third-order valence-corrected chi connectivity index (χ3v) is 4.04. The molecule has 2 rings (SSSR count). The van der Waals surface area contributed by atoms with Gasteiger partial charge in [0.1, 0.15) is 11.0 Å². The zero-order valence-corrected chi connectivity index (χ0v) is 10.8. The average molecular weight is 267 g/mol. The maximum absolute atomic E-state index is 11.4. The first-order chi connectivity index (χ1) is 8.50. The number of carbonyl (C=O) groups is 1. The SMILES string of the molecule is CC(Cn1nnc2cccc(C(=O)O)c21)S(C)=O. The Balaban J connectivity index is 2.52. The quantitative estimate of drug-likeness (QED) is 0.889. The molecule has 1 aromatic heterocycles. The van der Waals surface area contributed by atoms with Gasteiger partial charge in [0.15, 0.2) is 0 Å². The van der Waals surface area contributed by atoms with Crippen LogP contribution in [0.15, 0.2) is 18.2 Å². The van der Waals surface area contributed by atoms with Gasteiger partial charge in [0.2, 0.25) is 0 Å². The van der Waals surface area contributed by atoms with Crippen molar-refractivity contribution in [1.29, 1.82) is 0 Å². The molecule has 0 spiro atoms. The Kier molecular flexibility index (Phi) is 3.42. The van der Waals surface area contributed by atoms with E-state index in [1.807, 2.05) is 6.92 Å². The zero-order valence-electron chi connectivity index (χ0n) is 10.0. The molecule has 18 heavy (non-hydrogen) atoms. The molecule has 0 saturated carbocycles. The predicted octanol–water partition coefficient (Wildman–Crippen LogP) is 0.897. The Morgan fingerprint density at radius 3 is 2.89 bits per heavy atom. The van der Waals surface area contributed by atoms with Crippen LogP contribution in [0.5, 0.6) is 0 Å². The Morgan fingerprint density at radius 2 is 2.28 bits per heavy atom. The zero-order chi connectivity index (χ0) is 13.3. The van der Waals surface area contributed by atoms with Gasteiger partial charge < -0.3 is 5.11 Å². The minimum Gasteiger partial charge on any atom is -0.478 e. The van der Waals surface area contributed by atoms with Gasteiger partial charge in [0, 0.05) is 17.1 Å². The summed E-state index contributed by atoms with van der Waals surface area (Å²) in [5.41, 5.74) is 1.16. The van der Waals surface area contributed by atoms with Crippen LogP contribution in [-0.2, 0) is 17.3 Å². The summed E-state index contributed by atoms with van der Waals surface area (Å²) in [6.45, 7) is 2.21. The molecular weight excluding hydrogens is 254 g/mol. The molecule has 1 N–H and O–H groups in total. The van der Waals surface area contributed by atoms with Gasteiger partial charge in [0.05, 0.1) is 17.4 Å². The lowest BCUT2D eigenvalue weighted by atomic mass is 10.2. The second kappa shape index (κ2) is 4.85. The summed E-state index contributed by atoms with van der Waals surface area (Å²) in [5.74, 6) is -1.02. The molecule has 0 amide bonds. The third kappa shape index (κ3) is 2.26. The lowest BCUT2D eigenvalue weighted by Gasteiger charge is -2.09. The fourth-order valence-corrected chi connectivity index (χ4v) is 2.03. The first kappa shape index (κ1) is 12.7. The van der Waals surface area contributed by atoms with E-state index in [1.165, 1.54) is 10.7 Å². The van der Waals surface area contributed by atoms with Gasteiger partial charge in [-0.25, -0.2) is 9.48 Å². The van der Waals surface area contributed by atoms with E-state index < -0.39 is 16.8 Å². The van der Waals surface area contributed by atoms with Crippen molar-refractivity contribution < 1.29 is 14.1 Å². The summed E-state index contributed by atoms with van der Waals surface area (Å²) in [4.78, 5) is 11.2. The smallest absolute Gasteiger partial charge is 0.337 e. The average Bonchev–Trinajstić information content (AvgIpc) is 2.72. The van der Waals surface area contributed by atoms with Gasteiger partial charge in [-0.3, -0.25) is 4.21 Å². The molecule has 1 aromatic carbocycles. The minimum atomic E-state index is -1.02. The molecule has 96 valence electrons. The number of aromatic nitrogens is 3. The summed E-state index contributed by atoms with van der Waals surface area (Å²) < 4.78 is 12.9. The summed E-state index contributed by atoms with van der Waals surface area (Å²) in [5, 5.41) is 16.9. The molecule has 6 nitrogen and oxygen atoms in total. The normalized spacial score (nSPS) is 14.6. The molecule has 0 saturated heterocycles. The van der Waals surface area contributed by atoms with Crippen LogP contribution in [0.2, 0.25) is 0 Å². The summed E-state index contributed by atoms with van der Waals surface area (Å²) in [6.07, 6.45) is 1.61. The monoisotopic (exact) mass is 267 g/mol. The van der Waals surface area contributed by atoms with Crippen LogP contribution in [-0.4, -0.2) is 41.8 Å². The number of fused-ring (bicyclic) bond motifs is 1. The van der Waals surface area contributed by atoms with Gasteiger partial charge in [-0.05, 0) is 19.1 Å². The summed E-state index contributed by atoms with van der Waals surface area (Å²) in [7, 11) is -0.991. The lowest BCUT2D eigenvalue weighted by molar-refractivity contribution is 0.0698. The number of nitrogens with zero attached hydrogens (tertiary/aromatic N) is 3. The Bertz CT molecular complexity index is 623. The van der Waals surface area contributed by atoms with Crippen LogP contribution in [0, 0.1) is 0 Å². The predicted molar refractivity (Wildman–Crippen MR) is 68.0 cm³/mol. The minimum absolute atomic E-state index is 0.114. The number of carboxylic acids is 1. The summed E-state index contributed by atoms with van der Waals surface area (Å²) >= 11 is 0. The fourth-order valence-electron chi connectivity index (χ4n) is 1.68. The van der Waals surface area contributed by atoms with E-state index in [0.29, 0.717) is 17.6 Å². The molecule has 1 heterocycles. The van der Waals surface area contributed by atoms with Crippen LogP contribution >= 0.6 is 0 Å². The molecule has 7 heteroatoms. The van der Waals surface area contributed by atoms with Crippen LogP contribution in [0.3, 0.4) is 0 Å². The molecule has 0 aliphatic carbocycles. The van der Waals surface area contributed by atoms with Crippen LogP contribution in [0.25, 0.3) is 11.0 Å². The largest absolute Gasteiger partial charge is 0.478 e. The van der Waals surface area contributed by atoms with Gasteiger partial charge in [-0.2, -0.15) is 0 Å². The van der Waals surface area contributed by atoms with Crippen molar-refractivity contribution >= 4 is 27.8 Å². The van der Waals surface area contributed by atoms with Crippen molar-refractivity contribution in [3.05, 3.63) is 23.8 Å². The van der Waals surface area contributed by atoms with E-state index in [-0.39, 0.29) is 10.8 Å². The van der Waals surface area contributed by atoms with Gasteiger partial charge in [0.25, 0.3) is 0 Å². The Morgan fingerprint density at radius 1 is 1.56 bits per heavy atom. The highest BCUT2D eigenvalue weighted by atomic mass is 32.2. The van der Waals surface area contributed by atoms with E-state index in [9.17, 15) is 9.00 Å². The highest BCUT2D eigenvalue weighted by Crippen LogP contribution is 2.17. The molecule has 2 unspecified atom stereocenters. The van der Waals surface area contributed by atoms with E-state index in [0.717, 1.165) is 0 Å². The molecule has 0 radical (unpaired) electrons. The Labute approximate surface area is 106 Å². The number of carboxylic acid groups (broad SMARTS) is 1. The molecule has 2 aromatic rings. The standard InChI is InChI=1S/C11H13N3O3S/c1-7(18(2)17)6-14-10-8(11(15)16)4-3-5-9(10)12-13-14/h3-5,7H,6H2,1-2H3,(H,15,16). The molecule has 0 aliphatic rings. The number of rotatable bonds is 4. The first-order valence-corrected chi connectivity index (χ1v) is 7.00. The molecule has 0 bridgehead atoms. The number of aromatic carboxylic acids is 1. The van der Waals surface area contributed by atoms with Crippen molar-refractivity contribution in [3.63, 3.8) is 0 Å². The van der Waals surface area contributed by atoms with Gasteiger partial charge in [-0.1, -0.05) is 11.3 Å². The third-order valence-electron chi connectivity index (χ3n) is 2.76. The van der Waals surface area contributed by atoms with Crippen molar-refractivity contribution in [2.24, 2.45) is 0 Å². The van der Waals surface area contributed by atoms with Crippen LogP contribution in [0.1, 0.15) is 17.3 Å². The van der Waals surface area contributed by atoms with Crippen LogP contribution in [0.4, 0.5) is 0 Å². The molecule has 0 aliphatic heterocycles. The van der Waals surface area contributed by atoms with Gasteiger partial charge in [-0.15, -0.1) is 5.10 Å². The molecule has 2 atom stereocenters. The fraction of sp³-hybridized carbons (Fsp3) is 0.364. The summed E-state index contributed by atoms with van der Waals surface area (Å²) in [6, 6.07) is 4.85. The molecular formula is C11H13N3O3S. The van der Waals surface area contributed by atoms with Crippen LogP contribution < -0.4 is 0 Å². The Hall–Kier alpha value is -1.76. The highest BCUT2D eigenvalue weighted by Gasteiger charge is 2.16. The lowest BCUT2D eigenvalue weighted by Crippen LogP contribution is -2.19. The second-order valence-electron chi connectivity index (χ2n) is 4.06. The second-order valence-corrected chi connectivity index (χ2v) is 5.86. The number of benzene rings is 1. The van der Waals surface area contributed by atoms with Crippen molar-refractivity contribution in [2.45, 2.75) is 18.7 Å². The number of hydrogen-bond acceptors (Lipinski definition) is 4. The van der Waals surface area contributed by atoms with Crippen molar-refractivity contribution in [3.8, 4) is 0 Å². The highest BCUT2D eigenvalue weighted by molar-refractivity contribution is 7.84. The van der Waals surface area contributed by atoms with E-state index in [2.05, 4.69) is 10.3 Å². The van der Waals surface area contributed by atoms with Crippen molar-refractivity contribution in [1.82, 2.24) is 15.0 Å².